The molecule has 1 aliphatic rings. The lowest BCUT2D eigenvalue weighted by Crippen LogP contribution is -2.04. The van der Waals surface area contributed by atoms with Crippen LogP contribution in [0.5, 0.6) is 0 Å². The van der Waals surface area contributed by atoms with Gasteiger partial charge in [0.15, 0.2) is 0 Å². The van der Waals surface area contributed by atoms with Crippen LogP contribution in [0, 0.1) is 0 Å². The highest BCUT2D eigenvalue weighted by molar-refractivity contribution is 8.03. The first kappa shape index (κ1) is 11.8. The molecule has 0 saturated carbocycles. The van der Waals surface area contributed by atoms with Crippen LogP contribution in [0.25, 0.3) is 11.7 Å². The third-order valence-electron chi connectivity index (χ3n) is 2.76. The summed E-state index contributed by atoms with van der Waals surface area (Å²) in [7, 11) is 0. The number of aromatic nitrogens is 2. The standard InChI is InChI=1S/C13H14N2O2S/c16-5-2-6-17-9-11-7-10-8-14-12-3-1-4-13(18-11)15(10)12/h1,3-4,7-8,16H,2,5-6,9H2. The van der Waals surface area contributed by atoms with Gasteiger partial charge in [-0.2, -0.15) is 0 Å². The molecular formula is C13H14N2O2S. The maximum Gasteiger partial charge on any atom is 0.138 e. The van der Waals surface area contributed by atoms with Gasteiger partial charge in [0.2, 0.25) is 0 Å². The second-order valence-electron chi connectivity index (χ2n) is 4.08. The van der Waals surface area contributed by atoms with E-state index in [4.69, 9.17) is 9.84 Å². The van der Waals surface area contributed by atoms with E-state index in [0.29, 0.717) is 19.6 Å². The maximum absolute atomic E-state index is 8.70. The summed E-state index contributed by atoms with van der Waals surface area (Å²) in [6.07, 6.45) is 4.67. The molecule has 0 spiro atoms. The quantitative estimate of drug-likeness (QED) is 0.839. The van der Waals surface area contributed by atoms with Crippen molar-refractivity contribution in [1.29, 1.82) is 0 Å². The van der Waals surface area contributed by atoms with Gasteiger partial charge in [-0.3, -0.25) is 4.40 Å². The number of rotatable bonds is 5. The third kappa shape index (κ3) is 2.16. The van der Waals surface area contributed by atoms with E-state index in [1.807, 2.05) is 18.3 Å². The van der Waals surface area contributed by atoms with E-state index in [1.54, 1.807) is 11.8 Å². The molecule has 0 aliphatic carbocycles. The minimum atomic E-state index is 0.179. The fourth-order valence-electron chi connectivity index (χ4n) is 1.95. The van der Waals surface area contributed by atoms with Crippen LogP contribution in [-0.2, 0) is 4.74 Å². The summed E-state index contributed by atoms with van der Waals surface area (Å²) in [5.41, 5.74) is 2.08. The summed E-state index contributed by atoms with van der Waals surface area (Å²) in [5, 5.41) is 9.87. The molecule has 1 N–H and O–H groups in total. The van der Waals surface area contributed by atoms with Crippen molar-refractivity contribution in [3.8, 4) is 0 Å². The van der Waals surface area contributed by atoms with Crippen LogP contribution in [0.15, 0.2) is 34.3 Å². The van der Waals surface area contributed by atoms with Crippen LogP contribution in [0.4, 0.5) is 0 Å². The highest BCUT2D eigenvalue weighted by Gasteiger charge is 2.14. The molecule has 94 valence electrons. The van der Waals surface area contributed by atoms with Gasteiger partial charge in [-0.05, 0) is 24.6 Å². The lowest BCUT2D eigenvalue weighted by atomic mass is 10.4. The van der Waals surface area contributed by atoms with E-state index in [0.717, 1.165) is 11.3 Å². The van der Waals surface area contributed by atoms with Crippen LogP contribution >= 0.6 is 11.8 Å². The smallest absolute Gasteiger partial charge is 0.138 e. The fraction of sp³-hybridized carbons (Fsp3) is 0.308. The van der Waals surface area contributed by atoms with Gasteiger partial charge in [0.1, 0.15) is 5.65 Å². The molecule has 0 aromatic carbocycles. The maximum atomic E-state index is 8.70. The molecule has 0 atom stereocenters. The lowest BCUT2D eigenvalue weighted by Gasteiger charge is -2.15. The molecule has 4 nitrogen and oxygen atoms in total. The van der Waals surface area contributed by atoms with Crippen LogP contribution in [0.2, 0.25) is 0 Å². The van der Waals surface area contributed by atoms with Gasteiger partial charge >= 0.3 is 0 Å². The van der Waals surface area contributed by atoms with Crippen molar-refractivity contribution in [1.82, 2.24) is 9.38 Å². The molecule has 0 amide bonds. The average Bonchev–Trinajstić information content (AvgIpc) is 2.80. The highest BCUT2D eigenvalue weighted by atomic mass is 32.2. The van der Waals surface area contributed by atoms with Crippen molar-refractivity contribution < 1.29 is 9.84 Å². The molecule has 1 aliphatic heterocycles. The van der Waals surface area contributed by atoms with Gasteiger partial charge in [0.25, 0.3) is 0 Å². The van der Waals surface area contributed by atoms with Gasteiger partial charge in [-0.15, -0.1) is 0 Å². The topological polar surface area (TPSA) is 46.8 Å². The zero-order valence-corrected chi connectivity index (χ0v) is 10.7. The molecule has 0 saturated heterocycles. The first-order valence-corrected chi connectivity index (χ1v) is 6.73. The van der Waals surface area contributed by atoms with Crippen molar-refractivity contribution in [3.05, 3.63) is 35.0 Å². The first-order chi connectivity index (χ1) is 8.88. The number of aliphatic hydroxyl groups is 1. The Morgan fingerprint density at radius 3 is 3.22 bits per heavy atom. The largest absolute Gasteiger partial charge is 0.396 e. The molecule has 5 heteroatoms. The first-order valence-electron chi connectivity index (χ1n) is 5.92. The van der Waals surface area contributed by atoms with Crippen molar-refractivity contribution in [3.63, 3.8) is 0 Å². The zero-order valence-electron chi connectivity index (χ0n) is 9.87. The number of ether oxygens (including phenoxy) is 1. The van der Waals surface area contributed by atoms with Gasteiger partial charge in [0, 0.05) is 18.1 Å². The molecule has 0 fully saturated rings. The Hall–Kier alpha value is -1.30. The summed E-state index contributed by atoms with van der Waals surface area (Å²) in [6, 6.07) is 6.11. The summed E-state index contributed by atoms with van der Waals surface area (Å²) in [4.78, 5) is 5.54. The van der Waals surface area contributed by atoms with Crippen LogP contribution in [0.3, 0.4) is 0 Å². The third-order valence-corrected chi connectivity index (χ3v) is 3.78. The lowest BCUT2D eigenvalue weighted by molar-refractivity contribution is 0.137. The van der Waals surface area contributed by atoms with E-state index in [2.05, 4.69) is 21.5 Å². The van der Waals surface area contributed by atoms with Crippen LogP contribution in [-0.4, -0.2) is 34.3 Å². The van der Waals surface area contributed by atoms with E-state index >= 15 is 0 Å². The van der Waals surface area contributed by atoms with Crippen molar-refractivity contribution >= 4 is 23.5 Å². The normalized spacial score (nSPS) is 13.9. The second kappa shape index (κ2) is 5.14. The van der Waals surface area contributed by atoms with E-state index in [1.165, 1.54) is 9.93 Å². The molecule has 0 unspecified atom stereocenters. The minimum absolute atomic E-state index is 0.179. The number of hydrogen-bond acceptors (Lipinski definition) is 4. The van der Waals surface area contributed by atoms with Crippen LogP contribution in [0.1, 0.15) is 12.1 Å². The second-order valence-corrected chi connectivity index (χ2v) is 5.23. The Bertz CT molecular complexity index is 592. The summed E-state index contributed by atoms with van der Waals surface area (Å²) < 4.78 is 7.66. The Kier molecular flexibility index (Phi) is 3.36. The SMILES string of the molecule is OCCCOCC1=Cc2cnc3cccc(n23)S1. The average molecular weight is 262 g/mol. The molecule has 0 bridgehead atoms. The highest BCUT2D eigenvalue weighted by Crippen LogP contribution is 2.34. The van der Waals surface area contributed by atoms with Crippen molar-refractivity contribution in [2.24, 2.45) is 0 Å². The van der Waals surface area contributed by atoms with Gasteiger partial charge in [-0.1, -0.05) is 17.8 Å². The van der Waals surface area contributed by atoms with E-state index in [9.17, 15) is 0 Å². The molecule has 3 heterocycles. The Labute approximate surface area is 109 Å². The summed E-state index contributed by atoms with van der Waals surface area (Å²) in [6.45, 7) is 1.36. The number of hydrogen-bond donors (Lipinski definition) is 1. The molecule has 3 rings (SSSR count). The van der Waals surface area contributed by atoms with Crippen molar-refractivity contribution in [2.45, 2.75) is 11.4 Å². The number of nitrogens with zero attached hydrogens (tertiary/aromatic N) is 2. The fourth-order valence-corrected chi connectivity index (χ4v) is 2.98. The predicted octanol–water partition coefficient (Wildman–Crippen LogP) is 2.18. The van der Waals surface area contributed by atoms with E-state index in [-0.39, 0.29) is 6.61 Å². The molecule has 0 radical (unpaired) electrons. The number of thioether (sulfide) groups is 1. The van der Waals surface area contributed by atoms with Gasteiger partial charge in [0.05, 0.1) is 23.5 Å². The molecule has 2 aromatic rings. The summed E-state index contributed by atoms with van der Waals surface area (Å²) in [5.74, 6) is 0. The van der Waals surface area contributed by atoms with Gasteiger partial charge in [-0.25, -0.2) is 4.98 Å². The predicted molar refractivity (Wildman–Crippen MR) is 71.5 cm³/mol. The van der Waals surface area contributed by atoms with Crippen LogP contribution < -0.4 is 0 Å². The molecule has 18 heavy (non-hydrogen) atoms. The van der Waals surface area contributed by atoms with Gasteiger partial charge < -0.3 is 9.84 Å². The molecular weight excluding hydrogens is 248 g/mol. The Balaban J connectivity index is 1.78. The zero-order chi connectivity index (χ0) is 12.4. The molecule has 2 aromatic heterocycles. The van der Waals surface area contributed by atoms with E-state index < -0.39 is 0 Å². The monoisotopic (exact) mass is 262 g/mol. The van der Waals surface area contributed by atoms with Crippen molar-refractivity contribution in [2.75, 3.05) is 19.8 Å². The number of imidazole rings is 1. The number of pyridine rings is 1. The summed E-state index contributed by atoms with van der Waals surface area (Å²) >= 11 is 1.71. The Morgan fingerprint density at radius 1 is 1.39 bits per heavy atom. The number of aliphatic hydroxyl groups excluding tert-OH is 1. The Morgan fingerprint density at radius 2 is 2.33 bits per heavy atom. The minimum Gasteiger partial charge on any atom is -0.396 e.